The summed E-state index contributed by atoms with van der Waals surface area (Å²) in [5, 5.41) is 0. The zero-order chi connectivity index (χ0) is 13.8. The number of hydrogen-bond donors (Lipinski definition) is 0. The van der Waals surface area contributed by atoms with Crippen LogP contribution < -0.4 is 0 Å². The molecule has 3 nitrogen and oxygen atoms in total. The summed E-state index contributed by atoms with van der Waals surface area (Å²) in [6, 6.07) is 0. The van der Waals surface area contributed by atoms with Gasteiger partial charge in [-0.1, -0.05) is 32.8 Å². The van der Waals surface area contributed by atoms with Crippen molar-refractivity contribution >= 4 is 11.8 Å². The monoisotopic (exact) mass is 252 g/mol. The molecule has 1 fully saturated rings. The lowest BCUT2D eigenvalue weighted by atomic mass is 9.87. The molecule has 2 atom stereocenters. The minimum Gasteiger partial charge on any atom is -0.465 e. The van der Waals surface area contributed by atoms with Gasteiger partial charge in [-0.05, 0) is 19.3 Å². The van der Waals surface area contributed by atoms with E-state index in [-0.39, 0.29) is 17.7 Å². The van der Waals surface area contributed by atoms with Crippen molar-refractivity contribution in [3.63, 3.8) is 0 Å². The SMILES string of the molecule is C=CC1CC1(C(=O)CC(CC)CC)C(=O)OCC. The van der Waals surface area contributed by atoms with Crippen LogP contribution in [-0.2, 0) is 14.3 Å². The highest BCUT2D eigenvalue weighted by Crippen LogP contribution is 2.56. The predicted octanol–water partition coefficient (Wildman–Crippen LogP) is 3.14. The lowest BCUT2D eigenvalue weighted by Crippen LogP contribution is -2.31. The van der Waals surface area contributed by atoms with Crippen LogP contribution in [0.4, 0.5) is 0 Å². The second-order valence-corrected chi connectivity index (χ2v) is 5.05. The van der Waals surface area contributed by atoms with Gasteiger partial charge in [-0.25, -0.2) is 0 Å². The van der Waals surface area contributed by atoms with Gasteiger partial charge in [-0.3, -0.25) is 9.59 Å². The van der Waals surface area contributed by atoms with Crippen LogP contribution in [-0.4, -0.2) is 18.4 Å². The fourth-order valence-corrected chi connectivity index (χ4v) is 2.52. The van der Waals surface area contributed by atoms with Crippen molar-refractivity contribution in [1.29, 1.82) is 0 Å². The van der Waals surface area contributed by atoms with Gasteiger partial charge < -0.3 is 4.74 Å². The zero-order valence-electron chi connectivity index (χ0n) is 11.7. The molecule has 1 rings (SSSR count). The predicted molar refractivity (Wildman–Crippen MR) is 71.1 cm³/mol. The molecule has 0 amide bonds. The first-order valence-electron chi connectivity index (χ1n) is 6.89. The fraction of sp³-hybridized carbons (Fsp3) is 0.733. The molecule has 18 heavy (non-hydrogen) atoms. The average Bonchev–Trinajstić information content (AvgIpc) is 3.11. The van der Waals surface area contributed by atoms with Crippen LogP contribution in [0.3, 0.4) is 0 Å². The van der Waals surface area contributed by atoms with E-state index < -0.39 is 5.41 Å². The molecule has 3 heteroatoms. The van der Waals surface area contributed by atoms with Crippen LogP contribution in [0.25, 0.3) is 0 Å². The third-order valence-corrected chi connectivity index (χ3v) is 4.07. The molecule has 1 aliphatic rings. The summed E-state index contributed by atoms with van der Waals surface area (Å²) in [6.45, 7) is 9.95. The summed E-state index contributed by atoms with van der Waals surface area (Å²) < 4.78 is 5.06. The van der Waals surface area contributed by atoms with E-state index in [2.05, 4.69) is 20.4 Å². The van der Waals surface area contributed by atoms with Crippen molar-refractivity contribution in [2.75, 3.05) is 6.61 Å². The number of carbonyl (C=O) groups excluding carboxylic acids is 2. The molecule has 0 bridgehead atoms. The van der Waals surface area contributed by atoms with Gasteiger partial charge in [0.05, 0.1) is 6.61 Å². The maximum absolute atomic E-state index is 12.4. The Hall–Kier alpha value is -1.12. The molecule has 0 radical (unpaired) electrons. The lowest BCUT2D eigenvalue weighted by molar-refractivity contribution is -0.154. The molecule has 0 aromatic rings. The lowest BCUT2D eigenvalue weighted by Gasteiger charge is -2.17. The van der Waals surface area contributed by atoms with Crippen molar-refractivity contribution in [2.24, 2.45) is 17.3 Å². The highest BCUT2D eigenvalue weighted by Gasteiger charge is 2.64. The smallest absolute Gasteiger partial charge is 0.320 e. The Morgan fingerprint density at radius 3 is 2.39 bits per heavy atom. The number of carbonyl (C=O) groups is 2. The summed E-state index contributed by atoms with van der Waals surface area (Å²) >= 11 is 0. The fourth-order valence-electron chi connectivity index (χ4n) is 2.52. The largest absolute Gasteiger partial charge is 0.465 e. The van der Waals surface area contributed by atoms with Crippen LogP contribution in [0.5, 0.6) is 0 Å². The van der Waals surface area contributed by atoms with Gasteiger partial charge in [0.15, 0.2) is 5.78 Å². The normalized spacial score (nSPS) is 25.9. The van der Waals surface area contributed by atoms with Crippen LogP contribution in [0.15, 0.2) is 12.7 Å². The van der Waals surface area contributed by atoms with Crippen molar-refractivity contribution in [2.45, 2.75) is 46.5 Å². The third kappa shape index (κ3) is 2.65. The first kappa shape index (κ1) is 14.9. The van der Waals surface area contributed by atoms with Crippen molar-refractivity contribution in [3.8, 4) is 0 Å². The number of hydrogen-bond acceptors (Lipinski definition) is 3. The first-order chi connectivity index (χ1) is 8.56. The summed E-state index contributed by atoms with van der Waals surface area (Å²) in [5.41, 5.74) is -0.902. The number of rotatable bonds is 8. The first-order valence-corrected chi connectivity index (χ1v) is 6.89. The van der Waals surface area contributed by atoms with Gasteiger partial charge in [0, 0.05) is 12.3 Å². The molecule has 102 valence electrons. The molecule has 2 unspecified atom stereocenters. The maximum Gasteiger partial charge on any atom is 0.320 e. The van der Waals surface area contributed by atoms with Gasteiger partial charge in [0.2, 0.25) is 0 Å². The molecule has 0 N–H and O–H groups in total. The molecule has 1 saturated carbocycles. The molecule has 0 heterocycles. The van der Waals surface area contributed by atoms with Crippen molar-refractivity contribution < 1.29 is 14.3 Å². The second-order valence-electron chi connectivity index (χ2n) is 5.05. The standard InChI is InChI=1S/C15H24O3/c1-5-11(6-2)9-13(16)15(10-12(15)7-3)14(17)18-8-4/h7,11-12H,3,5-6,8-10H2,1-2,4H3. The Labute approximate surface area is 110 Å². The van der Waals surface area contributed by atoms with Gasteiger partial charge in [0.25, 0.3) is 0 Å². The van der Waals surface area contributed by atoms with Crippen molar-refractivity contribution in [3.05, 3.63) is 12.7 Å². The molecule has 0 saturated heterocycles. The highest BCUT2D eigenvalue weighted by molar-refractivity contribution is 6.07. The molecule has 1 aliphatic carbocycles. The summed E-state index contributed by atoms with van der Waals surface area (Å²) in [6.07, 6.45) is 4.71. The second kappa shape index (κ2) is 6.17. The van der Waals surface area contributed by atoms with Crippen LogP contribution >= 0.6 is 0 Å². The number of Topliss-reactive ketones (excluding diaryl/α,β-unsaturated/α-hetero) is 1. The molecule has 0 aromatic heterocycles. The van der Waals surface area contributed by atoms with E-state index in [1.54, 1.807) is 13.0 Å². The van der Waals surface area contributed by atoms with Crippen LogP contribution in [0.2, 0.25) is 0 Å². The average molecular weight is 252 g/mol. The van der Waals surface area contributed by atoms with E-state index in [0.29, 0.717) is 25.4 Å². The van der Waals surface area contributed by atoms with E-state index in [9.17, 15) is 9.59 Å². The van der Waals surface area contributed by atoms with Crippen molar-refractivity contribution in [1.82, 2.24) is 0 Å². The van der Waals surface area contributed by atoms with Crippen LogP contribution in [0, 0.1) is 17.3 Å². The molecule has 0 aliphatic heterocycles. The summed E-state index contributed by atoms with van der Waals surface area (Å²) in [4.78, 5) is 24.4. The minimum atomic E-state index is -0.902. The topological polar surface area (TPSA) is 43.4 Å². The number of allylic oxidation sites excluding steroid dienone is 1. The minimum absolute atomic E-state index is 0.0292. The van der Waals surface area contributed by atoms with E-state index in [1.807, 2.05) is 0 Å². The van der Waals surface area contributed by atoms with Gasteiger partial charge in [-0.15, -0.1) is 6.58 Å². The van der Waals surface area contributed by atoms with E-state index in [0.717, 1.165) is 12.8 Å². The molecular weight excluding hydrogens is 228 g/mol. The Morgan fingerprint density at radius 2 is 2.00 bits per heavy atom. The highest BCUT2D eigenvalue weighted by atomic mass is 16.5. The van der Waals surface area contributed by atoms with Gasteiger partial charge >= 0.3 is 5.97 Å². The maximum atomic E-state index is 12.4. The Kier molecular flexibility index (Phi) is 5.12. The summed E-state index contributed by atoms with van der Waals surface area (Å²) in [5.74, 6) is 0.0266. The van der Waals surface area contributed by atoms with E-state index in [1.165, 1.54) is 0 Å². The van der Waals surface area contributed by atoms with Crippen LogP contribution in [0.1, 0.15) is 46.5 Å². The van der Waals surface area contributed by atoms with E-state index >= 15 is 0 Å². The quantitative estimate of drug-likeness (QED) is 0.378. The number of ether oxygens (including phenoxy) is 1. The molecule has 0 spiro atoms. The zero-order valence-corrected chi connectivity index (χ0v) is 11.7. The number of esters is 1. The van der Waals surface area contributed by atoms with E-state index in [4.69, 9.17) is 4.74 Å². The van der Waals surface area contributed by atoms with Gasteiger partial charge in [-0.2, -0.15) is 0 Å². The Bertz CT molecular complexity index is 331. The number of ketones is 1. The molecular formula is C15H24O3. The Balaban J connectivity index is 2.77. The van der Waals surface area contributed by atoms with Gasteiger partial charge in [0.1, 0.15) is 5.41 Å². The summed E-state index contributed by atoms with van der Waals surface area (Å²) in [7, 11) is 0. The Morgan fingerprint density at radius 1 is 1.39 bits per heavy atom. The third-order valence-electron chi connectivity index (χ3n) is 4.07. The molecule has 0 aromatic carbocycles.